The fourth-order valence-electron chi connectivity index (χ4n) is 8.07. The van der Waals surface area contributed by atoms with Gasteiger partial charge < -0.3 is 54.7 Å². The zero-order valence-electron chi connectivity index (χ0n) is 42.1. The van der Waals surface area contributed by atoms with Crippen LogP contribution in [0.4, 0.5) is 132 Å². The molecular formula is C48H11B3F30O11. The van der Waals surface area contributed by atoms with Crippen molar-refractivity contribution in [3.8, 4) is 89.8 Å². The molecule has 0 bridgehead atoms. The summed E-state index contributed by atoms with van der Waals surface area (Å²) in [6.45, 7) is 0. The summed E-state index contributed by atoms with van der Waals surface area (Å²) in [7, 11) is -8.71. The monoisotopic (exact) mass is 1370 g/mol. The Labute approximate surface area is 484 Å². The van der Waals surface area contributed by atoms with Crippen molar-refractivity contribution in [2.45, 2.75) is 0 Å². The Morgan fingerprint density at radius 2 is 0.370 bits per heavy atom. The third-order valence-corrected chi connectivity index (χ3v) is 11.8. The smallest absolute Gasteiger partial charge is 0.511 e. The molecule has 92 heavy (non-hydrogen) atoms. The number of phenols is 2. The van der Waals surface area contributed by atoms with Gasteiger partial charge in [0, 0.05) is 33.4 Å². The van der Waals surface area contributed by atoms with Crippen LogP contribution in [0.5, 0.6) is 23.0 Å². The van der Waals surface area contributed by atoms with Crippen molar-refractivity contribution < 1.29 is 186 Å². The van der Waals surface area contributed by atoms with Gasteiger partial charge in [-0.15, -0.1) is 0 Å². The van der Waals surface area contributed by atoms with E-state index in [0.717, 1.165) is 0 Å². The zero-order chi connectivity index (χ0) is 70.1. The molecule has 0 saturated carbocycles. The molecule has 44 heteroatoms. The molecule has 0 aliphatic rings. The lowest BCUT2D eigenvalue weighted by atomic mass is 9.84. The highest BCUT2D eigenvalue weighted by Crippen LogP contribution is 2.56. The predicted octanol–water partition coefficient (Wildman–Crippen LogP) is 11.6. The predicted molar refractivity (Wildman–Crippen MR) is 242 cm³/mol. The van der Waals surface area contributed by atoms with Gasteiger partial charge in [-0.1, -0.05) is 0 Å². The Hall–Kier alpha value is -9.23. The van der Waals surface area contributed by atoms with E-state index in [-0.39, 0.29) is 12.1 Å². The summed E-state index contributed by atoms with van der Waals surface area (Å²) >= 11 is 0. The van der Waals surface area contributed by atoms with Crippen LogP contribution in [0.25, 0.3) is 66.8 Å². The molecule has 8 aromatic rings. The van der Waals surface area contributed by atoms with Gasteiger partial charge in [0.1, 0.15) is 17.2 Å². The van der Waals surface area contributed by atoms with Crippen LogP contribution < -0.4 is 9.31 Å². The Morgan fingerprint density at radius 1 is 0.196 bits per heavy atom. The van der Waals surface area contributed by atoms with Crippen molar-refractivity contribution in [1.82, 2.24) is 0 Å². The van der Waals surface area contributed by atoms with Crippen LogP contribution in [0.3, 0.4) is 0 Å². The van der Waals surface area contributed by atoms with Crippen LogP contribution >= 0.6 is 0 Å². The first kappa shape index (κ1) is 71.8. The van der Waals surface area contributed by atoms with Gasteiger partial charge >= 0.3 is 22.0 Å². The summed E-state index contributed by atoms with van der Waals surface area (Å²) in [5.41, 5.74) is -28.1. The quantitative estimate of drug-likeness (QED) is 0.0273. The van der Waals surface area contributed by atoms with Crippen LogP contribution in [0.15, 0.2) is 12.1 Å². The van der Waals surface area contributed by atoms with Gasteiger partial charge in [-0.2, -0.15) is 0 Å². The lowest BCUT2D eigenvalue weighted by Crippen LogP contribution is -2.21. The fraction of sp³-hybridized carbons (Fsp3) is 0. The van der Waals surface area contributed by atoms with E-state index in [1.54, 1.807) is 0 Å². The molecule has 0 aromatic heterocycles. The van der Waals surface area contributed by atoms with Gasteiger partial charge in [-0.05, 0) is 12.1 Å². The molecule has 0 spiro atoms. The molecule has 0 unspecified atom stereocenters. The molecule has 0 amide bonds. The van der Waals surface area contributed by atoms with Crippen molar-refractivity contribution in [3.63, 3.8) is 0 Å². The molecule has 11 nitrogen and oxygen atoms in total. The largest absolute Gasteiger partial charge is 0.707 e. The van der Waals surface area contributed by atoms with Gasteiger partial charge in [0.05, 0.1) is 33.4 Å². The first-order valence-electron chi connectivity index (χ1n) is 22.5. The molecule has 0 atom stereocenters. The number of hydrogen-bond acceptors (Lipinski definition) is 11. The van der Waals surface area contributed by atoms with E-state index >= 15 is 8.78 Å². The van der Waals surface area contributed by atoms with Crippen LogP contribution in [0, 0.1) is 175 Å². The van der Waals surface area contributed by atoms with Crippen molar-refractivity contribution in [2.75, 3.05) is 0 Å². The van der Waals surface area contributed by atoms with E-state index < -0.39 is 286 Å². The lowest BCUT2D eigenvalue weighted by Gasteiger charge is -2.23. The van der Waals surface area contributed by atoms with E-state index in [0.29, 0.717) is 0 Å². The van der Waals surface area contributed by atoms with Gasteiger partial charge in [-0.25, -0.2) is 132 Å². The summed E-state index contributed by atoms with van der Waals surface area (Å²) in [6, 6.07) is -0.619. The maximum atomic E-state index is 15.1. The number of halogens is 30. The van der Waals surface area contributed by atoms with E-state index in [1.165, 1.54) is 0 Å². The molecule has 0 fully saturated rings. The highest BCUT2D eigenvalue weighted by atomic mass is 19.2. The molecule has 0 heterocycles. The highest BCUT2D eigenvalue weighted by Gasteiger charge is 2.42. The van der Waals surface area contributed by atoms with Crippen molar-refractivity contribution in [2.24, 2.45) is 0 Å². The average Bonchev–Trinajstić information content (AvgIpc) is 0.727. The number of benzene rings is 8. The minimum atomic E-state index is -3.34. The first-order chi connectivity index (χ1) is 42.4. The highest BCUT2D eigenvalue weighted by molar-refractivity contribution is 6.34. The molecule has 8 aromatic carbocycles. The third kappa shape index (κ3) is 12.0. The molecular weight excluding hydrogens is 1350 g/mol. The fourth-order valence-corrected chi connectivity index (χ4v) is 8.07. The second-order valence-corrected chi connectivity index (χ2v) is 16.9. The Balaban J connectivity index is 0.000000276. The molecule has 8 rings (SSSR count). The van der Waals surface area contributed by atoms with Crippen molar-refractivity contribution >= 4 is 22.0 Å². The SMILES string of the molecule is OB(O)O.OB(O)Oc1cc(-c2c(F)c(F)c(F)c(F)c2F)c(-c2c(F)c(F)c(F)c(F)c2F)c(-c2c(F)c(F)c(F)c(F)c2F)c1O.OB(O)Oc1cc(-c2c(F)c(F)c(F)c(F)c2F)c(O)c(-c2c(F)c(F)c(F)c(F)c2F)c1-c1c(F)c(F)c(F)c(F)c1F. The number of aromatic hydroxyl groups is 2. The van der Waals surface area contributed by atoms with Crippen molar-refractivity contribution in [1.29, 1.82) is 0 Å². The molecule has 0 saturated heterocycles. The summed E-state index contributed by atoms with van der Waals surface area (Å²) in [4.78, 5) is 0. The third-order valence-electron chi connectivity index (χ3n) is 11.8. The molecule has 0 aliphatic carbocycles. The van der Waals surface area contributed by atoms with E-state index in [2.05, 4.69) is 9.31 Å². The second kappa shape index (κ2) is 26.5. The van der Waals surface area contributed by atoms with Gasteiger partial charge in [0.25, 0.3) is 0 Å². The summed E-state index contributed by atoms with van der Waals surface area (Å²) in [6.07, 6.45) is 0. The Kier molecular flexibility index (Phi) is 20.7. The molecule has 0 radical (unpaired) electrons. The number of rotatable bonds is 10. The topological polar surface area (TPSA) is 201 Å². The first-order valence-corrected chi connectivity index (χ1v) is 22.5. The van der Waals surface area contributed by atoms with Crippen molar-refractivity contribution in [3.05, 3.63) is 187 Å². The second-order valence-electron chi connectivity index (χ2n) is 16.9. The van der Waals surface area contributed by atoms with E-state index in [9.17, 15) is 143 Å². The molecule has 9 N–H and O–H groups in total. The standard InChI is InChI=1S/2C24H4BF15O4.BH3O3/c26-9-4(10(27)16(33)21(38)15(9)32)2-1-3(44-25(42)43)5(7-11(28)17(34)22(39)18(35)12(7)29)6(24(2)41)8-13(30)19(36)23(40)20(37)14(8)31;26-9-5(10(27)16(33)21(38)15(9)32)2-1-3(44-25(42)43)24(41)6(8-13(30)19(36)23(40)20(37)14(8)31)4(2)7-11(28)17(34)22(39)18(35)12(7)29;2-1(3)4/h2*1,41-43H;2-4H. The van der Waals surface area contributed by atoms with Gasteiger partial charge in [-0.3, -0.25) is 0 Å². The number of phenolic OH excluding ortho intramolecular Hbond substituents is 2. The Bertz CT molecular complexity index is 4170. The average molecular weight is 1370 g/mol. The lowest BCUT2D eigenvalue weighted by molar-refractivity contribution is 0.277. The van der Waals surface area contributed by atoms with Gasteiger partial charge in [0.2, 0.25) is 34.9 Å². The number of hydrogen-bond donors (Lipinski definition) is 9. The molecule has 488 valence electrons. The van der Waals surface area contributed by atoms with Gasteiger partial charge in [0.15, 0.2) is 145 Å². The normalized spacial score (nSPS) is 11.2. The van der Waals surface area contributed by atoms with Crippen LogP contribution in [0.2, 0.25) is 0 Å². The maximum absolute atomic E-state index is 15.1. The zero-order valence-corrected chi connectivity index (χ0v) is 42.1. The summed E-state index contributed by atoms with van der Waals surface area (Å²) < 4.78 is 440. The Morgan fingerprint density at radius 3 is 0.620 bits per heavy atom. The minimum Gasteiger partial charge on any atom is -0.511 e. The van der Waals surface area contributed by atoms with Crippen LogP contribution in [-0.2, 0) is 0 Å². The van der Waals surface area contributed by atoms with Crippen LogP contribution in [0.1, 0.15) is 0 Å². The summed E-state index contributed by atoms with van der Waals surface area (Å²) in [5.74, 6) is -96.5. The minimum absolute atomic E-state index is 0.310. The summed E-state index contributed by atoms with van der Waals surface area (Å²) in [5, 5.41) is 79.8. The van der Waals surface area contributed by atoms with E-state index in [4.69, 9.17) is 25.1 Å². The molecule has 0 aliphatic heterocycles. The van der Waals surface area contributed by atoms with Crippen LogP contribution in [-0.4, -0.2) is 67.3 Å². The van der Waals surface area contributed by atoms with E-state index in [1.807, 2.05) is 0 Å². The maximum Gasteiger partial charge on any atom is 0.707 e.